The number of benzene rings is 2. The third kappa shape index (κ3) is 5.08. The van der Waals surface area contributed by atoms with Crippen LogP contribution in [0, 0.1) is 26.7 Å². The number of carbonyl (C=O) groups excluding carboxylic acids is 2. The van der Waals surface area contributed by atoms with Gasteiger partial charge in [-0.1, -0.05) is 53.6 Å². The summed E-state index contributed by atoms with van der Waals surface area (Å²) in [5.41, 5.74) is 5.61. The molecular weight excluding hydrogens is 376 g/mol. The molecule has 0 aromatic heterocycles. The topological polar surface area (TPSA) is 58.6 Å². The zero-order valence-corrected chi connectivity index (χ0v) is 18.4. The van der Waals surface area contributed by atoms with Gasteiger partial charge in [0.25, 0.3) is 0 Å². The van der Waals surface area contributed by atoms with Gasteiger partial charge in [-0.2, -0.15) is 0 Å². The number of ether oxygens (including phenoxy) is 1. The van der Waals surface area contributed by atoms with Crippen molar-refractivity contribution >= 4 is 11.8 Å². The summed E-state index contributed by atoms with van der Waals surface area (Å²) in [5, 5.41) is 3.13. The van der Waals surface area contributed by atoms with Crippen LogP contribution in [-0.4, -0.2) is 37.0 Å². The van der Waals surface area contributed by atoms with Crippen LogP contribution in [0.25, 0.3) is 0 Å². The maximum absolute atomic E-state index is 13.3. The van der Waals surface area contributed by atoms with Crippen LogP contribution in [0.5, 0.6) is 0 Å². The van der Waals surface area contributed by atoms with Gasteiger partial charge in [-0.05, 0) is 43.9 Å². The summed E-state index contributed by atoms with van der Waals surface area (Å²) in [6.45, 7) is 7.57. The number of hydrogen-bond acceptors (Lipinski definition) is 3. The van der Waals surface area contributed by atoms with Gasteiger partial charge < -0.3 is 15.0 Å². The highest BCUT2D eigenvalue weighted by atomic mass is 16.5. The lowest BCUT2D eigenvalue weighted by Crippen LogP contribution is -2.49. The number of nitrogens with zero attached hydrogens (tertiary/aromatic N) is 1. The van der Waals surface area contributed by atoms with E-state index in [4.69, 9.17) is 4.74 Å². The predicted molar refractivity (Wildman–Crippen MR) is 118 cm³/mol. The van der Waals surface area contributed by atoms with Crippen molar-refractivity contribution in [2.24, 2.45) is 5.92 Å². The third-order valence-electron chi connectivity index (χ3n) is 5.96. The minimum absolute atomic E-state index is 0.00334. The number of aryl methyl sites for hydroxylation is 3. The molecule has 2 aromatic carbocycles. The van der Waals surface area contributed by atoms with Crippen molar-refractivity contribution in [2.75, 3.05) is 20.3 Å². The molecule has 3 rings (SSSR count). The highest BCUT2D eigenvalue weighted by molar-refractivity contribution is 5.85. The van der Waals surface area contributed by atoms with Gasteiger partial charge >= 0.3 is 0 Å². The Hall–Kier alpha value is -2.66. The first kappa shape index (κ1) is 22.0. The number of rotatable bonds is 7. The van der Waals surface area contributed by atoms with E-state index in [0.29, 0.717) is 32.5 Å². The van der Waals surface area contributed by atoms with Crippen molar-refractivity contribution < 1.29 is 14.3 Å². The summed E-state index contributed by atoms with van der Waals surface area (Å²) in [4.78, 5) is 27.8. The average Bonchev–Trinajstić information content (AvgIpc) is 2.73. The van der Waals surface area contributed by atoms with Gasteiger partial charge in [0, 0.05) is 26.6 Å². The summed E-state index contributed by atoms with van der Waals surface area (Å²) >= 11 is 0. The van der Waals surface area contributed by atoms with Crippen LogP contribution >= 0.6 is 0 Å². The first-order chi connectivity index (χ1) is 14.4. The molecule has 0 bridgehead atoms. The van der Waals surface area contributed by atoms with Crippen molar-refractivity contribution in [3.8, 4) is 0 Å². The molecule has 0 spiro atoms. The molecule has 2 atom stereocenters. The van der Waals surface area contributed by atoms with E-state index in [-0.39, 0.29) is 23.8 Å². The Labute approximate surface area is 179 Å². The maximum atomic E-state index is 13.3. The van der Waals surface area contributed by atoms with E-state index < -0.39 is 0 Å². The molecule has 1 aliphatic heterocycles. The van der Waals surface area contributed by atoms with Gasteiger partial charge in [-0.25, -0.2) is 0 Å². The molecule has 1 fully saturated rings. The van der Waals surface area contributed by atoms with Crippen LogP contribution in [0.1, 0.15) is 46.7 Å². The highest BCUT2D eigenvalue weighted by Gasteiger charge is 2.40. The van der Waals surface area contributed by atoms with Crippen LogP contribution in [0.2, 0.25) is 0 Å². The first-order valence-electron chi connectivity index (χ1n) is 10.6. The quantitative estimate of drug-likeness (QED) is 0.757. The minimum Gasteiger partial charge on any atom is -0.383 e. The number of nitrogens with one attached hydrogen (secondary N) is 1. The number of carbonyl (C=O) groups is 2. The Morgan fingerprint density at radius 1 is 1.10 bits per heavy atom. The summed E-state index contributed by atoms with van der Waals surface area (Å²) in [6, 6.07) is 14.1. The molecule has 2 aromatic rings. The Morgan fingerprint density at radius 2 is 1.80 bits per heavy atom. The number of amides is 2. The molecule has 0 unspecified atom stereocenters. The molecule has 160 valence electrons. The lowest BCUT2D eigenvalue weighted by atomic mass is 9.83. The second kappa shape index (κ2) is 9.90. The van der Waals surface area contributed by atoms with E-state index in [9.17, 15) is 9.59 Å². The lowest BCUT2D eigenvalue weighted by Gasteiger charge is -2.41. The van der Waals surface area contributed by atoms with E-state index in [1.165, 1.54) is 5.56 Å². The maximum Gasteiger partial charge on any atom is 0.225 e. The Morgan fingerprint density at radius 3 is 2.50 bits per heavy atom. The molecule has 5 heteroatoms. The zero-order valence-electron chi connectivity index (χ0n) is 18.4. The molecule has 30 heavy (non-hydrogen) atoms. The van der Waals surface area contributed by atoms with Crippen molar-refractivity contribution in [1.29, 1.82) is 0 Å². The first-order valence-corrected chi connectivity index (χ1v) is 10.6. The standard InChI is InChI=1S/C25H32N2O3/c1-17-6-9-20(10-7-17)24-22(11-12-23(28)27(24)13-14-30-4)25(29)26-16-21-15-18(2)5-8-19(21)3/h5-10,15,22,24H,11-14,16H2,1-4H3,(H,26,29)/t22-,24-/m1/s1. The van der Waals surface area contributed by atoms with E-state index in [1.54, 1.807) is 7.11 Å². The zero-order chi connectivity index (χ0) is 21.7. The summed E-state index contributed by atoms with van der Waals surface area (Å²) < 4.78 is 5.23. The Bertz CT molecular complexity index is 892. The molecule has 1 N–H and O–H groups in total. The van der Waals surface area contributed by atoms with Crippen LogP contribution in [-0.2, 0) is 20.9 Å². The monoisotopic (exact) mass is 408 g/mol. The van der Waals surface area contributed by atoms with Crippen molar-refractivity contribution in [2.45, 2.75) is 46.2 Å². The van der Waals surface area contributed by atoms with E-state index in [0.717, 1.165) is 22.3 Å². The van der Waals surface area contributed by atoms with Crippen LogP contribution < -0.4 is 5.32 Å². The highest BCUT2D eigenvalue weighted by Crippen LogP contribution is 2.37. The SMILES string of the molecule is COCCN1C(=O)CC[C@@H](C(=O)NCc2cc(C)ccc2C)[C@H]1c1ccc(C)cc1. The normalized spacial score (nSPS) is 19.1. The fraction of sp³-hybridized carbons (Fsp3) is 0.440. The second-order valence-corrected chi connectivity index (χ2v) is 8.23. The van der Waals surface area contributed by atoms with Gasteiger partial charge in [0.15, 0.2) is 0 Å². The summed E-state index contributed by atoms with van der Waals surface area (Å²) in [7, 11) is 1.63. The van der Waals surface area contributed by atoms with Crippen LogP contribution in [0.3, 0.4) is 0 Å². The fourth-order valence-electron chi connectivity index (χ4n) is 4.16. The van der Waals surface area contributed by atoms with Crippen molar-refractivity contribution in [3.63, 3.8) is 0 Å². The van der Waals surface area contributed by atoms with Gasteiger partial charge in [0.2, 0.25) is 11.8 Å². The summed E-state index contributed by atoms with van der Waals surface area (Å²) in [6.07, 6.45) is 0.938. The van der Waals surface area contributed by atoms with E-state index in [1.807, 2.05) is 36.1 Å². The molecule has 1 heterocycles. The van der Waals surface area contributed by atoms with Gasteiger partial charge in [-0.15, -0.1) is 0 Å². The lowest BCUT2D eigenvalue weighted by molar-refractivity contribution is -0.144. The second-order valence-electron chi connectivity index (χ2n) is 8.23. The molecule has 2 amide bonds. The van der Waals surface area contributed by atoms with Crippen molar-refractivity contribution in [1.82, 2.24) is 10.2 Å². The largest absolute Gasteiger partial charge is 0.383 e. The molecule has 0 saturated carbocycles. The molecule has 5 nitrogen and oxygen atoms in total. The van der Waals surface area contributed by atoms with Gasteiger partial charge in [0.1, 0.15) is 0 Å². The van der Waals surface area contributed by atoms with E-state index >= 15 is 0 Å². The third-order valence-corrected chi connectivity index (χ3v) is 5.96. The number of hydrogen-bond donors (Lipinski definition) is 1. The summed E-state index contributed by atoms with van der Waals surface area (Å²) in [5.74, 6) is -0.208. The number of likely N-dealkylation sites (tertiary alicyclic amines) is 1. The number of methoxy groups -OCH3 is 1. The molecular formula is C25H32N2O3. The van der Waals surface area contributed by atoms with E-state index in [2.05, 4.69) is 37.4 Å². The smallest absolute Gasteiger partial charge is 0.225 e. The molecule has 1 aliphatic rings. The average molecular weight is 409 g/mol. The minimum atomic E-state index is -0.285. The van der Waals surface area contributed by atoms with Crippen LogP contribution in [0.4, 0.5) is 0 Å². The Kier molecular flexibility index (Phi) is 7.27. The molecule has 0 radical (unpaired) electrons. The van der Waals surface area contributed by atoms with Crippen LogP contribution in [0.15, 0.2) is 42.5 Å². The van der Waals surface area contributed by atoms with Crippen molar-refractivity contribution in [3.05, 3.63) is 70.3 Å². The predicted octanol–water partition coefficient (Wildman–Crippen LogP) is 3.85. The molecule has 0 aliphatic carbocycles. The van der Waals surface area contributed by atoms with Gasteiger partial charge in [-0.3, -0.25) is 9.59 Å². The Balaban J connectivity index is 1.83. The van der Waals surface area contributed by atoms with Gasteiger partial charge in [0.05, 0.1) is 18.6 Å². The number of piperidine rings is 1. The fourth-order valence-corrected chi connectivity index (χ4v) is 4.16. The molecule has 1 saturated heterocycles.